The van der Waals surface area contributed by atoms with Crippen molar-refractivity contribution in [2.75, 3.05) is 0 Å². The lowest BCUT2D eigenvalue weighted by atomic mass is 10.1. The first-order valence-corrected chi connectivity index (χ1v) is 5.96. The molecule has 0 saturated carbocycles. The third-order valence-corrected chi connectivity index (χ3v) is 2.68. The van der Waals surface area contributed by atoms with Crippen molar-refractivity contribution in [1.29, 1.82) is 0 Å². The Morgan fingerprint density at radius 1 is 1.21 bits per heavy atom. The molecule has 104 valence electrons. The normalized spacial score (nSPS) is 11.9. The topological polar surface area (TPSA) is 113 Å². The van der Waals surface area contributed by atoms with E-state index in [1.165, 1.54) is 0 Å². The first kappa shape index (κ1) is 15.1. The molecule has 0 aliphatic carbocycles. The van der Waals surface area contributed by atoms with Crippen LogP contribution in [-0.2, 0) is 22.7 Å². The van der Waals surface area contributed by atoms with Gasteiger partial charge in [-0.1, -0.05) is 24.3 Å². The first-order chi connectivity index (χ1) is 9.02. The highest BCUT2D eigenvalue weighted by Crippen LogP contribution is 2.04. The molecule has 0 spiro atoms. The molecule has 0 aliphatic rings. The Bertz CT molecular complexity index is 431. The van der Waals surface area contributed by atoms with Crippen molar-refractivity contribution in [3.05, 3.63) is 35.4 Å². The zero-order chi connectivity index (χ0) is 14.3. The number of rotatable bonds is 7. The average molecular weight is 266 g/mol. The quantitative estimate of drug-likeness (QED) is 0.554. The summed E-state index contributed by atoms with van der Waals surface area (Å²) in [7, 11) is 0. The first-order valence-electron chi connectivity index (χ1n) is 5.96. The highest BCUT2D eigenvalue weighted by Gasteiger charge is 2.14. The third-order valence-electron chi connectivity index (χ3n) is 2.68. The molecule has 0 saturated heterocycles. The number of carbonyl (C=O) groups excluding carboxylic acids is 1. The number of hydrogen-bond acceptors (Lipinski definition) is 4. The second-order valence-corrected chi connectivity index (χ2v) is 4.23. The Balaban J connectivity index is 2.38. The number of aliphatic carboxylic acids is 1. The maximum Gasteiger partial charge on any atom is 0.303 e. The zero-order valence-corrected chi connectivity index (χ0v) is 10.5. The number of benzene rings is 1. The summed E-state index contributed by atoms with van der Waals surface area (Å²) in [6, 6.07) is 6.33. The summed E-state index contributed by atoms with van der Waals surface area (Å²) in [5.41, 5.74) is 7.25. The molecule has 0 fully saturated rings. The summed E-state index contributed by atoms with van der Waals surface area (Å²) in [6.07, 6.45) is -0.00952. The minimum Gasteiger partial charge on any atom is -0.481 e. The SMILES string of the molecule is NC(CCC(=O)O)C(=O)NCc1ccc(CO)cc1. The van der Waals surface area contributed by atoms with Gasteiger partial charge >= 0.3 is 5.97 Å². The highest BCUT2D eigenvalue weighted by atomic mass is 16.4. The Kier molecular flexibility index (Phi) is 5.98. The number of amides is 1. The van der Waals surface area contributed by atoms with Gasteiger partial charge in [-0.2, -0.15) is 0 Å². The van der Waals surface area contributed by atoms with Crippen molar-refractivity contribution >= 4 is 11.9 Å². The van der Waals surface area contributed by atoms with E-state index in [9.17, 15) is 9.59 Å². The number of aliphatic hydroxyl groups is 1. The summed E-state index contributed by atoms with van der Waals surface area (Å²) in [5, 5.41) is 20.0. The van der Waals surface area contributed by atoms with Gasteiger partial charge in [0, 0.05) is 13.0 Å². The van der Waals surface area contributed by atoms with Crippen molar-refractivity contribution in [2.45, 2.75) is 32.0 Å². The number of nitrogens with two attached hydrogens (primary N) is 1. The number of nitrogens with one attached hydrogen (secondary N) is 1. The molecule has 0 heterocycles. The lowest BCUT2D eigenvalue weighted by molar-refractivity contribution is -0.137. The molecule has 5 N–H and O–H groups in total. The second-order valence-electron chi connectivity index (χ2n) is 4.23. The van der Waals surface area contributed by atoms with Gasteiger partial charge in [0.1, 0.15) is 0 Å². The van der Waals surface area contributed by atoms with Gasteiger partial charge in [-0.25, -0.2) is 0 Å². The van der Waals surface area contributed by atoms with Crippen LogP contribution in [0.15, 0.2) is 24.3 Å². The van der Waals surface area contributed by atoms with Crippen LogP contribution in [0.25, 0.3) is 0 Å². The molecule has 6 heteroatoms. The van der Waals surface area contributed by atoms with E-state index in [2.05, 4.69) is 5.32 Å². The molecule has 1 amide bonds. The number of carboxylic acids is 1. The highest BCUT2D eigenvalue weighted by molar-refractivity contribution is 5.82. The molecular formula is C13H18N2O4. The van der Waals surface area contributed by atoms with Crippen molar-refractivity contribution in [3.8, 4) is 0 Å². The van der Waals surface area contributed by atoms with E-state index < -0.39 is 12.0 Å². The predicted octanol–water partition coefficient (Wildman–Crippen LogP) is -0.0128. The van der Waals surface area contributed by atoms with Crippen LogP contribution in [0.1, 0.15) is 24.0 Å². The van der Waals surface area contributed by atoms with Gasteiger partial charge in [-0.3, -0.25) is 9.59 Å². The van der Waals surface area contributed by atoms with E-state index in [1.54, 1.807) is 24.3 Å². The van der Waals surface area contributed by atoms with Gasteiger partial charge in [0.2, 0.25) is 5.91 Å². The van der Waals surface area contributed by atoms with Crippen LogP contribution < -0.4 is 11.1 Å². The van der Waals surface area contributed by atoms with Crippen LogP contribution in [0.4, 0.5) is 0 Å². The maximum absolute atomic E-state index is 11.6. The summed E-state index contributed by atoms with van der Waals surface area (Å²) in [4.78, 5) is 21.9. The van der Waals surface area contributed by atoms with Crippen molar-refractivity contribution in [2.24, 2.45) is 5.73 Å². The van der Waals surface area contributed by atoms with Gasteiger partial charge in [-0.05, 0) is 17.5 Å². The largest absolute Gasteiger partial charge is 0.481 e. The maximum atomic E-state index is 11.6. The minimum absolute atomic E-state index is 0.0211. The van der Waals surface area contributed by atoms with Gasteiger partial charge in [-0.15, -0.1) is 0 Å². The van der Waals surface area contributed by atoms with E-state index in [1.807, 2.05) is 0 Å². The fourth-order valence-electron chi connectivity index (χ4n) is 1.49. The Morgan fingerprint density at radius 3 is 2.32 bits per heavy atom. The van der Waals surface area contributed by atoms with E-state index in [0.717, 1.165) is 11.1 Å². The monoisotopic (exact) mass is 266 g/mol. The number of aliphatic hydroxyl groups excluding tert-OH is 1. The number of hydrogen-bond donors (Lipinski definition) is 4. The molecular weight excluding hydrogens is 248 g/mol. The van der Waals surface area contributed by atoms with E-state index >= 15 is 0 Å². The average Bonchev–Trinajstić information content (AvgIpc) is 2.42. The summed E-state index contributed by atoms with van der Waals surface area (Å²) in [5.74, 6) is -1.34. The minimum atomic E-state index is -0.970. The van der Waals surface area contributed by atoms with Crippen LogP contribution in [0.5, 0.6) is 0 Å². The fourth-order valence-corrected chi connectivity index (χ4v) is 1.49. The zero-order valence-electron chi connectivity index (χ0n) is 10.5. The number of carbonyl (C=O) groups is 2. The molecule has 1 aromatic carbocycles. The molecule has 1 unspecified atom stereocenters. The number of carboxylic acid groups (broad SMARTS) is 1. The molecule has 19 heavy (non-hydrogen) atoms. The Labute approximate surface area is 111 Å². The lowest BCUT2D eigenvalue weighted by Gasteiger charge is -2.11. The van der Waals surface area contributed by atoms with Crippen LogP contribution >= 0.6 is 0 Å². The molecule has 1 aromatic rings. The van der Waals surface area contributed by atoms with Gasteiger partial charge in [0.15, 0.2) is 0 Å². The molecule has 0 radical (unpaired) electrons. The van der Waals surface area contributed by atoms with E-state index in [0.29, 0.717) is 6.54 Å². The van der Waals surface area contributed by atoms with Crippen LogP contribution in [0.2, 0.25) is 0 Å². The molecule has 1 rings (SSSR count). The summed E-state index contributed by atoms with van der Waals surface area (Å²) < 4.78 is 0. The summed E-state index contributed by atoms with van der Waals surface area (Å²) >= 11 is 0. The van der Waals surface area contributed by atoms with Crippen molar-refractivity contribution < 1.29 is 19.8 Å². The molecule has 0 bridgehead atoms. The molecule has 0 aliphatic heterocycles. The van der Waals surface area contributed by atoms with Gasteiger partial charge in [0.25, 0.3) is 0 Å². The van der Waals surface area contributed by atoms with Crippen LogP contribution in [-0.4, -0.2) is 28.1 Å². The van der Waals surface area contributed by atoms with Gasteiger partial charge < -0.3 is 21.3 Å². The molecule has 0 aromatic heterocycles. The molecule has 6 nitrogen and oxygen atoms in total. The predicted molar refractivity (Wildman–Crippen MR) is 69.1 cm³/mol. The van der Waals surface area contributed by atoms with Crippen LogP contribution in [0.3, 0.4) is 0 Å². The Morgan fingerprint density at radius 2 is 1.79 bits per heavy atom. The molecule has 1 atom stereocenters. The Hall–Kier alpha value is -1.92. The van der Waals surface area contributed by atoms with Crippen molar-refractivity contribution in [3.63, 3.8) is 0 Å². The standard InChI is InChI=1S/C13H18N2O4/c14-11(5-6-12(17)18)13(19)15-7-9-1-3-10(8-16)4-2-9/h1-4,11,16H,5-8,14H2,(H,15,19)(H,17,18). The van der Waals surface area contributed by atoms with E-state index in [4.69, 9.17) is 15.9 Å². The summed E-state index contributed by atoms with van der Waals surface area (Å²) in [6.45, 7) is 0.304. The van der Waals surface area contributed by atoms with Crippen molar-refractivity contribution in [1.82, 2.24) is 5.32 Å². The smallest absolute Gasteiger partial charge is 0.303 e. The third kappa shape index (κ3) is 5.50. The second kappa shape index (κ2) is 7.50. The fraction of sp³-hybridized carbons (Fsp3) is 0.385. The van der Waals surface area contributed by atoms with Crippen LogP contribution in [0, 0.1) is 0 Å². The van der Waals surface area contributed by atoms with Gasteiger partial charge in [0.05, 0.1) is 12.6 Å². The van der Waals surface area contributed by atoms with E-state index in [-0.39, 0.29) is 25.4 Å². The lowest BCUT2D eigenvalue weighted by Crippen LogP contribution is -2.40.